The van der Waals surface area contributed by atoms with E-state index in [9.17, 15) is 19.7 Å². The van der Waals surface area contributed by atoms with E-state index in [2.05, 4.69) is 0 Å². The van der Waals surface area contributed by atoms with Crippen molar-refractivity contribution < 1.29 is 28.8 Å². The minimum Gasteiger partial charge on any atom is -0.493 e. The number of carbonyl (C=O) groups excluding carboxylic acids is 2. The number of fused-ring (bicyclic) bond motifs is 1. The van der Waals surface area contributed by atoms with Crippen LogP contribution < -0.4 is 19.4 Å². The van der Waals surface area contributed by atoms with Gasteiger partial charge in [0.2, 0.25) is 5.91 Å². The maximum Gasteiger partial charge on any atom is 0.278 e. The molecule has 0 aliphatic carbocycles. The maximum atomic E-state index is 13.8. The van der Waals surface area contributed by atoms with Crippen LogP contribution in [0.25, 0.3) is 0 Å². The quantitative estimate of drug-likeness (QED) is 0.243. The Hall–Kier alpha value is -3.86. The molecule has 10 nitrogen and oxygen atoms in total. The Kier molecular flexibility index (Phi) is 6.40. The molecule has 2 amide bonds. The predicted molar refractivity (Wildman–Crippen MR) is 135 cm³/mol. The third-order valence-electron chi connectivity index (χ3n) is 6.34. The minimum atomic E-state index is -1.24. The SMILES string of the molecule is COc1cc([C@H]2[C@H]3C(=O)N(c4ccc(Cl)c(Cl)c4)C(=O)[C@H]3ON2c2ccccc2)c([N+](=O)[O-])cc1OC. The van der Waals surface area contributed by atoms with Crippen LogP contribution in [0.1, 0.15) is 11.6 Å². The monoisotopic (exact) mass is 543 g/mol. The first-order valence-corrected chi connectivity index (χ1v) is 11.8. The summed E-state index contributed by atoms with van der Waals surface area (Å²) in [6.45, 7) is 0. The van der Waals surface area contributed by atoms with Crippen molar-refractivity contribution in [1.29, 1.82) is 0 Å². The van der Waals surface area contributed by atoms with Gasteiger partial charge in [0.25, 0.3) is 11.6 Å². The summed E-state index contributed by atoms with van der Waals surface area (Å²) in [6.07, 6.45) is -1.24. The van der Waals surface area contributed by atoms with E-state index in [1.807, 2.05) is 0 Å². The molecule has 0 N–H and O–H groups in total. The number of hydrogen-bond donors (Lipinski definition) is 0. The molecule has 0 radical (unpaired) electrons. The number of halogens is 2. The summed E-state index contributed by atoms with van der Waals surface area (Å²) in [4.78, 5) is 45.9. The highest BCUT2D eigenvalue weighted by atomic mass is 35.5. The lowest BCUT2D eigenvalue weighted by Gasteiger charge is -2.29. The smallest absolute Gasteiger partial charge is 0.278 e. The van der Waals surface area contributed by atoms with Gasteiger partial charge in [-0.05, 0) is 36.4 Å². The number of benzene rings is 3. The number of nitro benzene ring substituents is 1. The lowest BCUT2D eigenvalue weighted by Crippen LogP contribution is -2.37. The summed E-state index contributed by atoms with van der Waals surface area (Å²) in [7, 11) is 2.76. The molecular weight excluding hydrogens is 525 g/mol. The molecule has 190 valence electrons. The van der Waals surface area contributed by atoms with Crippen LogP contribution >= 0.6 is 23.2 Å². The number of nitro groups is 1. The second-order valence-electron chi connectivity index (χ2n) is 8.29. The molecule has 5 rings (SSSR count). The Labute approximate surface area is 220 Å². The average molecular weight is 544 g/mol. The minimum absolute atomic E-state index is 0.121. The summed E-state index contributed by atoms with van der Waals surface area (Å²) >= 11 is 12.1. The van der Waals surface area contributed by atoms with E-state index in [1.165, 1.54) is 49.6 Å². The fraction of sp³-hybridized carbons (Fsp3) is 0.200. The van der Waals surface area contributed by atoms with Crippen molar-refractivity contribution in [1.82, 2.24) is 0 Å². The van der Waals surface area contributed by atoms with E-state index < -0.39 is 34.8 Å². The predicted octanol–water partition coefficient (Wildman–Crippen LogP) is 4.97. The van der Waals surface area contributed by atoms with Gasteiger partial charge in [-0.1, -0.05) is 41.4 Å². The molecule has 3 aromatic rings. The van der Waals surface area contributed by atoms with Crippen molar-refractivity contribution >= 4 is 52.1 Å². The zero-order valence-corrected chi connectivity index (χ0v) is 21.0. The van der Waals surface area contributed by atoms with Gasteiger partial charge in [0.15, 0.2) is 17.6 Å². The second kappa shape index (κ2) is 9.55. The Morgan fingerprint density at radius 3 is 2.19 bits per heavy atom. The number of hydrogen-bond acceptors (Lipinski definition) is 8. The van der Waals surface area contributed by atoms with Crippen LogP contribution in [0.4, 0.5) is 17.1 Å². The van der Waals surface area contributed by atoms with Gasteiger partial charge in [0, 0.05) is 0 Å². The molecule has 3 aromatic carbocycles. The zero-order valence-electron chi connectivity index (χ0n) is 19.5. The Balaban J connectivity index is 1.68. The molecule has 0 aromatic heterocycles. The number of anilines is 2. The van der Waals surface area contributed by atoms with Crippen LogP contribution in [-0.2, 0) is 14.4 Å². The molecule has 0 spiro atoms. The van der Waals surface area contributed by atoms with Gasteiger partial charge < -0.3 is 9.47 Å². The van der Waals surface area contributed by atoms with E-state index in [-0.39, 0.29) is 38.5 Å². The number of para-hydroxylation sites is 1. The molecule has 0 unspecified atom stereocenters. The van der Waals surface area contributed by atoms with E-state index in [4.69, 9.17) is 37.5 Å². The van der Waals surface area contributed by atoms with Crippen molar-refractivity contribution in [3.63, 3.8) is 0 Å². The number of hydroxylamine groups is 1. The molecular formula is C25H19Cl2N3O7. The highest BCUT2D eigenvalue weighted by Crippen LogP contribution is 2.51. The second-order valence-corrected chi connectivity index (χ2v) is 9.11. The zero-order chi connectivity index (χ0) is 26.4. The molecule has 2 heterocycles. The number of rotatable bonds is 6. The van der Waals surface area contributed by atoms with Crippen molar-refractivity contribution in [2.45, 2.75) is 12.1 Å². The van der Waals surface area contributed by atoms with E-state index in [0.717, 1.165) is 4.90 Å². The lowest BCUT2D eigenvalue weighted by molar-refractivity contribution is -0.385. The molecule has 2 saturated heterocycles. The van der Waals surface area contributed by atoms with Gasteiger partial charge in [0.05, 0.1) is 52.2 Å². The van der Waals surface area contributed by atoms with Crippen LogP contribution in [0, 0.1) is 16.0 Å². The Morgan fingerprint density at radius 2 is 1.57 bits per heavy atom. The number of imide groups is 1. The van der Waals surface area contributed by atoms with Gasteiger partial charge in [-0.15, -0.1) is 0 Å². The van der Waals surface area contributed by atoms with Gasteiger partial charge in [-0.25, -0.2) is 9.96 Å². The first-order valence-electron chi connectivity index (χ1n) is 11.0. The molecule has 0 bridgehead atoms. The summed E-state index contributed by atoms with van der Waals surface area (Å²) in [5, 5.41) is 13.9. The van der Waals surface area contributed by atoms with E-state index in [0.29, 0.717) is 5.69 Å². The molecule has 2 aliphatic rings. The van der Waals surface area contributed by atoms with Crippen LogP contribution in [0.5, 0.6) is 11.5 Å². The normalized spacial score (nSPS) is 20.8. The number of carbonyl (C=O) groups is 2. The molecule has 2 fully saturated rings. The summed E-state index contributed by atoms with van der Waals surface area (Å²) < 4.78 is 10.6. The van der Waals surface area contributed by atoms with Crippen molar-refractivity contribution in [3.8, 4) is 11.5 Å². The first kappa shape index (κ1) is 24.8. The molecule has 37 heavy (non-hydrogen) atoms. The van der Waals surface area contributed by atoms with E-state index in [1.54, 1.807) is 30.3 Å². The first-order chi connectivity index (χ1) is 17.8. The Bertz CT molecular complexity index is 1420. The van der Waals surface area contributed by atoms with Crippen molar-refractivity contribution in [2.24, 2.45) is 5.92 Å². The summed E-state index contributed by atoms with van der Waals surface area (Å²) in [5.74, 6) is -1.97. The molecule has 3 atom stereocenters. The fourth-order valence-electron chi connectivity index (χ4n) is 4.69. The number of amides is 2. The van der Waals surface area contributed by atoms with Crippen LogP contribution in [0.15, 0.2) is 60.7 Å². The number of methoxy groups -OCH3 is 2. The third kappa shape index (κ3) is 4.03. The third-order valence-corrected chi connectivity index (χ3v) is 7.07. The fourth-order valence-corrected chi connectivity index (χ4v) is 4.98. The van der Waals surface area contributed by atoms with Gasteiger partial charge in [-0.3, -0.25) is 24.5 Å². The number of nitrogens with zero attached hydrogens (tertiary/aromatic N) is 3. The maximum absolute atomic E-state index is 13.8. The van der Waals surface area contributed by atoms with Crippen molar-refractivity contribution in [2.75, 3.05) is 24.2 Å². The number of ether oxygens (including phenoxy) is 2. The molecule has 2 aliphatic heterocycles. The van der Waals surface area contributed by atoms with Crippen LogP contribution in [-0.4, -0.2) is 37.1 Å². The van der Waals surface area contributed by atoms with Crippen LogP contribution in [0.3, 0.4) is 0 Å². The van der Waals surface area contributed by atoms with Gasteiger partial charge in [0.1, 0.15) is 12.0 Å². The highest BCUT2D eigenvalue weighted by Gasteiger charge is 2.61. The van der Waals surface area contributed by atoms with Gasteiger partial charge in [-0.2, -0.15) is 0 Å². The van der Waals surface area contributed by atoms with Gasteiger partial charge >= 0.3 is 0 Å². The summed E-state index contributed by atoms with van der Waals surface area (Å²) in [5.41, 5.74) is 0.527. The summed E-state index contributed by atoms with van der Waals surface area (Å²) in [6, 6.07) is 14.7. The highest BCUT2D eigenvalue weighted by molar-refractivity contribution is 6.42. The van der Waals surface area contributed by atoms with E-state index >= 15 is 0 Å². The Morgan fingerprint density at radius 1 is 0.892 bits per heavy atom. The van der Waals surface area contributed by atoms with Crippen LogP contribution in [0.2, 0.25) is 10.0 Å². The molecule has 12 heteroatoms. The largest absolute Gasteiger partial charge is 0.493 e. The standard InChI is InChI=1S/C25H19Cl2N3O7/c1-35-19-11-15(18(30(33)34)12-20(19)36-2)22-21-23(37-29(22)13-6-4-3-5-7-13)25(32)28(24(21)31)14-8-9-16(26)17(27)10-14/h3-12,21-23H,1-2H3/t21-,22+,23+/m1/s1. The lowest BCUT2D eigenvalue weighted by atomic mass is 9.89. The average Bonchev–Trinajstić information content (AvgIpc) is 3.41. The molecule has 0 saturated carbocycles. The topological polar surface area (TPSA) is 111 Å². The van der Waals surface area contributed by atoms with Crippen molar-refractivity contribution in [3.05, 3.63) is 86.4 Å².